The molecule has 7 heteroatoms. The fourth-order valence-electron chi connectivity index (χ4n) is 2.56. The van der Waals surface area contributed by atoms with Gasteiger partial charge in [-0.3, -0.25) is 4.79 Å². The van der Waals surface area contributed by atoms with Gasteiger partial charge in [0.1, 0.15) is 5.82 Å². The Kier molecular flexibility index (Phi) is 4.63. The zero-order valence-corrected chi connectivity index (χ0v) is 12.9. The van der Waals surface area contributed by atoms with Crippen LogP contribution in [-0.4, -0.2) is 44.6 Å². The molecule has 1 atom stereocenters. The molecular formula is C14H19FN2O3S. The molecule has 5 nitrogen and oxygen atoms in total. The predicted octanol–water partition coefficient (Wildman–Crippen LogP) is 1.29. The Bertz CT molecular complexity index is 646. The average molecular weight is 314 g/mol. The van der Waals surface area contributed by atoms with E-state index in [0.29, 0.717) is 24.1 Å². The SMILES string of the molecule is CNS(=O)(=O)C[C@H]1CCCN1C(=O)c1ccc(F)c(C)c1. The molecule has 0 radical (unpaired) electrons. The first-order valence-corrected chi connectivity index (χ1v) is 8.47. The van der Waals surface area contributed by atoms with Crippen LogP contribution in [0.25, 0.3) is 0 Å². The van der Waals surface area contributed by atoms with E-state index in [0.717, 1.165) is 6.42 Å². The normalized spacial score (nSPS) is 19.0. The molecule has 1 heterocycles. The van der Waals surface area contributed by atoms with Gasteiger partial charge in [-0.15, -0.1) is 0 Å². The van der Waals surface area contributed by atoms with Crippen molar-refractivity contribution in [3.63, 3.8) is 0 Å². The summed E-state index contributed by atoms with van der Waals surface area (Å²) >= 11 is 0. The highest BCUT2D eigenvalue weighted by atomic mass is 32.2. The summed E-state index contributed by atoms with van der Waals surface area (Å²) in [6, 6.07) is 3.87. The molecule has 1 aromatic rings. The molecule has 1 N–H and O–H groups in total. The molecular weight excluding hydrogens is 295 g/mol. The maximum absolute atomic E-state index is 13.3. The highest BCUT2D eigenvalue weighted by molar-refractivity contribution is 7.89. The lowest BCUT2D eigenvalue weighted by molar-refractivity contribution is 0.0749. The highest BCUT2D eigenvalue weighted by Crippen LogP contribution is 2.22. The Labute approximate surface area is 124 Å². The smallest absolute Gasteiger partial charge is 0.254 e. The average Bonchev–Trinajstić information content (AvgIpc) is 2.88. The van der Waals surface area contributed by atoms with Crippen LogP contribution in [0.4, 0.5) is 4.39 Å². The highest BCUT2D eigenvalue weighted by Gasteiger charge is 2.32. The number of aryl methyl sites for hydroxylation is 1. The third-order valence-corrected chi connectivity index (χ3v) is 5.21. The maximum atomic E-state index is 13.3. The molecule has 0 aliphatic carbocycles. The molecule has 0 unspecified atom stereocenters. The molecule has 0 bridgehead atoms. The van der Waals surface area contributed by atoms with E-state index in [-0.39, 0.29) is 23.5 Å². The number of sulfonamides is 1. The van der Waals surface area contributed by atoms with Crippen molar-refractivity contribution in [2.75, 3.05) is 19.3 Å². The van der Waals surface area contributed by atoms with Crippen LogP contribution in [0.1, 0.15) is 28.8 Å². The summed E-state index contributed by atoms with van der Waals surface area (Å²) in [4.78, 5) is 14.1. The molecule has 1 aliphatic heterocycles. The van der Waals surface area contributed by atoms with Crippen LogP contribution >= 0.6 is 0 Å². The zero-order chi connectivity index (χ0) is 15.6. The Hall–Kier alpha value is -1.47. The van der Waals surface area contributed by atoms with Gasteiger partial charge in [-0.1, -0.05) is 0 Å². The van der Waals surface area contributed by atoms with Gasteiger partial charge in [-0.2, -0.15) is 0 Å². The number of hydrogen-bond acceptors (Lipinski definition) is 3. The third-order valence-electron chi connectivity index (χ3n) is 3.77. The lowest BCUT2D eigenvalue weighted by atomic mass is 10.1. The van der Waals surface area contributed by atoms with Gasteiger partial charge in [0.05, 0.1) is 5.75 Å². The second-order valence-electron chi connectivity index (χ2n) is 5.24. The first-order chi connectivity index (χ1) is 9.84. The maximum Gasteiger partial charge on any atom is 0.254 e. The number of nitrogens with one attached hydrogen (secondary N) is 1. The number of carbonyl (C=O) groups excluding carboxylic acids is 1. The van der Waals surface area contributed by atoms with Crippen molar-refractivity contribution < 1.29 is 17.6 Å². The molecule has 0 spiro atoms. The topological polar surface area (TPSA) is 66.5 Å². The Balaban J connectivity index is 2.19. The van der Waals surface area contributed by atoms with Crippen LogP contribution in [0.2, 0.25) is 0 Å². The van der Waals surface area contributed by atoms with Gasteiger partial charge in [-0.05, 0) is 50.6 Å². The van der Waals surface area contributed by atoms with E-state index in [9.17, 15) is 17.6 Å². The summed E-state index contributed by atoms with van der Waals surface area (Å²) in [6.07, 6.45) is 1.43. The van der Waals surface area contributed by atoms with Crippen LogP contribution in [0.5, 0.6) is 0 Å². The van der Waals surface area contributed by atoms with E-state index >= 15 is 0 Å². The molecule has 1 fully saturated rings. The molecule has 1 aromatic carbocycles. The Morgan fingerprint density at radius 2 is 2.19 bits per heavy atom. The van der Waals surface area contributed by atoms with E-state index < -0.39 is 10.0 Å². The first kappa shape index (κ1) is 15.9. The molecule has 1 aliphatic rings. The lowest BCUT2D eigenvalue weighted by Gasteiger charge is -2.24. The lowest BCUT2D eigenvalue weighted by Crippen LogP contribution is -2.41. The minimum absolute atomic E-state index is 0.102. The quantitative estimate of drug-likeness (QED) is 0.910. The van der Waals surface area contributed by atoms with Crippen molar-refractivity contribution in [2.24, 2.45) is 0 Å². The van der Waals surface area contributed by atoms with Gasteiger partial charge in [0.15, 0.2) is 0 Å². The number of carbonyl (C=O) groups is 1. The number of nitrogens with zero attached hydrogens (tertiary/aromatic N) is 1. The predicted molar refractivity (Wildman–Crippen MR) is 78.0 cm³/mol. The van der Waals surface area contributed by atoms with Gasteiger partial charge in [0.2, 0.25) is 10.0 Å². The van der Waals surface area contributed by atoms with E-state index in [4.69, 9.17) is 0 Å². The largest absolute Gasteiger partial charge is 0.335 e. The summed E-state index contributed by atoms with van der Waals surface area (Å²) in [6.45, 7) is 2.12. The minimum atomic E-state index is -3.37. The van der Waals surface area contributed by atoms with Crippen LogP contribution in [0.3, 0.4) is 0 Å². The molecule has 2 rings (SSSR count). The Morgan fingerprint density at radius 3 is 2.81 bits per heavy atom. The van der Waals surface area contributed by atoms with Crippen molar-refractivity contribution >= 4 is 15.9 Å². The van der Waals surface area contributed by atoms with Crippen LogP contribution < -0.4 is 4.72 Å². The zero-order valence-electron chi connectivity index (χ0n) is 12.1. The summed E-state index contributed by atoms with van der Waals surface area (Å²) in [7, 11) is -2.01. The monoisotopic (exact) mass is 314 g/mol. The summed E-state index contributed by atoms with van der Waals surface area (Å²) in [5.74, 6) is -0.704. The van der Waals surface area contributed by atoms with Crippen molar-refractivity contribution in [1.82, 2.24) is 9.62 Å². The standard InChI is InChI=1S/C14H19FN2O3S/c1-10-8-11(5-6-13(10)15)14(18)17-7-3-4-12(17)9-21(19,20)16-2/h5-6,8,12,16H,3-4,7,9H2,1-2H3/t12-/m1/s1. The number of rotatable bonds is 4. The van der Waals surface area contributed by atoms with Crippen molar-refractivity contribution in [3.8, 4) is 0 Å². The van der Waals surface area contributed by atoms with Crippen LogP contribution in [0, 0.1) is 12.7 Å². The van der Waals surface area contributed by atoms with Gasteiger partial charge in [0.25, 0.3) is 5.91 Å². The Morgan fingerprint density at radius 1 is 1.48 bits per heavy atom. The molecule has 0 aromatic heterocycles. The van der Waals surface area contributed by atoms with Crippen molar-refractivity contribution in [1.29, 1.82) is 0 Å². The van der Waals surface area contributed by atoms with Gasteiger partial charge >= 0.3 is 0 Å². The third kappa shape index (κ3) is 3.59. The molecule has 0 saturated carbocycles. The minimum Gasteiger partial charge on any atom is -0.335 e. The number of benzene rings is 1. The number of hydrogen-bond donors (Lipinski definition) is 1. The molecule has 1 amide bonds. The number of likely N-dealkylation sites (tertiary alicyclic amines) is 1. The van der Waals surface area contributed by atoms with E-state index in [1.165, 1.54) is 25.2 Å². The van der Waals surface area contributed by atoms with E-state index in [1.54, 1.807) is 11.8 Å². The van der Waals surface area contributed by atoms with E-state index in [2.05, 4.69) is 4.72 Å². The molecule has 1 saturated heterocycles. The van der Waals surface area contributed by atoms with Crippen molar-refractivity contribution in [2.45, 2.75) is 25.8 Å². The summed E-state index contributed by atoms with van der Waals surface area (Å²) in [5, 5.41) is 0. The van der Waals surface area contributed by atoms with Gasteiger partial charge in [-0.25, -0.2) is 17.5 Å². The molecule has 21 heavy (non-hydrogen) atoms. The first-order valence-electron chi connectivity index (χ1n) is 6.82. The van der Waals surface area contributed by atoms with Gasteiger partial charge in [0, 0.05) is 18.2 Å². The summed E-state index contributed by atoms with van der Waals surface area (Å²) in [5.41, 5.74) is 0.794. The van der Waals surface area contributed by atoms with Crippen molar-refractivity contribution in [3.05, 3.63) is 35.1 Å². The molecule has 116 valence electrons. The van der Waals surface area contributed by atoms with Crippen LogP contribution in [-0.2, 0) is 10.0 Å². The second-order valence-corrected chi connectivity index (χ2v) is 7.22. The second kappa shape index (κ2) is 6.11. The number of amides is 1. The van der Waals surface area contributed by atoms with E-state index in [1.807, 2.05) is 0 Å². The number of halogens is 1. The summed E-state index contributed by atoms with van der Waals surface area (Å²) < 4.78 is 38.9. The van der Waals surface area contributed by atoms with Crippen LogP contribution in [0.15, 0.2) is 18.2 Å². The fraction of sp³-hybridized carbons (Fsp3) is 0.500. The van der Waals surface area contributed by atoms with Gasteiger partial charge < -0.3 is 4.90 Å². The fourth-order valence-corrected chi connectivity index (χ4v) is 3.58.